The number of methoxy groups -OCH3 is 1. The van der Waals surface area contributed by atoms with E-state index in [1.54, 1.807) is 24.3 Å². The van der Waals surface area contributed by atoms with E-state index in [9.17, 15) is 32.9 Å². The highest BCUT2D eigenvalue weighted by molar-refractivity contribution is 14.1. The lowest BCUT2D eigenvalue weighted by Crippen LogP contribution is -2.41. The van der Waals surface area contributed by atoms with Crippen LogP contribution in [-0.2, 0) is 16.1 Å². The number of hydrogen-bond acceptors (Lipinski definition) is 9. The summed E-state index contributed by atoms with van der Waals surface area (Å²) in [6, 6.07) is 13.4. The number of esters is 1. The van der Waals surface area contributed by atoms with Crippen LogP contribution in [0.15, 0.2) is 81.7 Å². The van der Waals surface area contributed by atoms with Crippen LogP contribution in [0.2, 0.25) is 5.02 Å². The monoisotopic (exact) mass is 799 g/mol. The molecule has 4 aromatic rings. The van der Waals surface area contributed by atoms with Gasteiger partial charge in [-0.2, -0.15) is 13.2 Å². The molecule has 244 valence electrons. The van der Waals surface area contributed by atoms with Crippen molar-refractivity contribution in [2.24, 2.45) is 4.99 Å². The molecule has 0 spiro atoms. The number of nitro groups is 1. The molecule has 0 N–H and O–H groups in total. The summed E-state index contributed by atoms with van der Waals surface area (Å²) < 4.78 is 61.2. The molecule has 1 aliphatic rings. The number of allylic oxidation sites excluding steroid dienone is 1. The van der Waals surface area contributed by atoms with Crippen LogP contribution < -0.4 is 24.4 Å². The fourth-order valence-electron chi connectivity index (χ4n) is 4.78. The van der Waals surface area contributed by atoms with E-state index in [4.69, 9.17) is 25.8 Å². The predicted octanol–water partition coefficient (Wildman–Crippen LogP) is 6.09. The molecule has 3 aromatic carbocycles. The molecule has 16 heteroatoms. The van der Waals surface area contributed by atoms with E-state index in [1.807, 2.05) is 22.6 Å². The van der Waals surface area contributed by atoms with Crippen molar-refractivity contribution in [1.82, 2.24) is 4.57 Å². The van der Waals surface area contributed by atoms with Crippen molar-refractivity contribution in [3.05, 3.63) is 127 Å². The lowest BCUT2D eigenvalue weighted by atomic mass is 9.95. The third kappa shape index (κ3) is 7.21. The second kappa shape index (κ2) is 13.9. The molecular formula is C31H22ClF3IN3O7S. The Morgan fingerprint density at radius 2 is 1.85 bits per heavy atom. The number of thiazole rings is 1. The number of ether oxygens (including phenoxy) is 3. The summed E-state index contributed by atoms with van der Waals surface area (Å²) in [6.07, 6.45) is -3.55. The Bertz CT molecular complexity index is 2080. The standard InChI is InChI=1S/C31H22ClF3IN3O7S/c1-3-45-29(41)24-25(18-6-8-19(32)9-7-18)38-28(40)23(47-30(38)37-27(24)31(33,34)35)14-17-12-21(36)26(22(13-17)44-2)46-15-16-4-10-20(11-5-16)39(42)43/h4-14,25H,3,15H2,1-2H3/b23-14-/t25-/m0/s1. The maximum Gasteiger partial charge on any atom is 0.434 e. The van der Waals surface area contributed by atoms with Crippen molar-refractivity contribution < 1.29 is 37.1 Å². The van der Waals surface area contributed by atoms with E-state index < -0.39 is 39.9 Å². The molecule has 0 saturated heterocycles. The lowest BCUT2D eigenvalue weighted by molar-refractivity contribution is -0.384. The zero-order chi connectivity index (χ0) is 34.0. The van der Waals surface area contributed by atoms with E-state index in [2.05, 4.69) is 4.99 Å². The smallest absolute Gasteiger partial charge is 0.434 e. The molecule has 0 fully saturated rings. The predicted molar refractivity (Wildman–Crippen MR) is 175 cm³/mol. The van der Waals surface area contributed by atoms with Gasteiger partial charge in [-0.1, -0.05) is 35.1 Å². The number of fused-ring (bicyclic) bond motifs is 1. The summed E-state index contributed by atoms with van der Waals surface area (Å²) in [5, 5.41) is 11.2. The summed E-state index contributed by atoms with van der Waals surface area (Å²) in [4.78, 5) is 40.8. The van der Waals surface area contributed by atoms with Gasteiger partial charge in [-0.15, -0.1) is 0 Å². The van der Waals surface area contributed by atoms with Crippen LogP contribution in [0.3, 0.4) is 0 Å². The van der Waals surface area contributed by atoms with Crippen LogP contribution in [-0.4, -0.2) is 35.4 Å². The molecule has 2 heterocycles. The van der Waals surface area contributed by atoms with E-state index in [1.165, 1.54) is 56.5 Å². The number of halogens is 5. The van der Waals surface area contributed by atoms with Crippen molar-refractivity contribution in [1.29, 1.82) is 0 Å². The van der Waals surface area contributed by atoms with Gasteiger partial charge in [-0.25, -0.2) is 9.79 Å². The first-order valence-electron chi connectivity index (χ1n) is 13.6. The molecule has 47 heavy (non-hydrogen) atoms. The van der Waals surface area contributed by atoms with Gasteiger partial charge in [0.05, 0.1) is 38.4 Å². The number of non-ortho nitro benzene ring substituents is 1. The summed E-state index contributed by atoms with van der Waals surface area (Å²) in [5.41, 5.74) is -1.64. The Kier molecular flexibility index (Phi) is 10.1. The first kappa shape index (κ1) is 34.1. The number of nitro benzene ring substituents is 1. The maximum absolute atomic E-state index is 14.4. The van der Waals surface area contributed by atoms with Crippen molar-refractivity contribution >= 4 is 63.3 Å². The average Bonchev–Trinajstić information content (AvgIpc) is 3.33. The van der Waals surface area contributed by atoms with E-state index >= 15 is 0 Å². The van der Waals surface area contributed by atoms with Crippen LogP contribution in [0.5, 0.6) is 11.5 Å². The minimum absolute atomic E-state index is 0.0479. The quantitative estimate of drug-likeness (QED) is 0.0870. The normalized spacial score (nSPS) is 14.8. The lowest BCUT2D eigenvalue weighted by Gasteiger charge is -2.26. The average molecular weight is 800 g/mol. The van der Waals surface area contributed by atoms with Crippen molar-refractivity contribution in [2.75, 3.05) is 13.7 Å². The highest BCUT2D eigenvalue weighted by Crippen LogP contribution is 2.39. The molecule has 1 atom stereocenters. The molecule has 1 aliphatic heterocycles. The van der Waals surface area contributed by atoms with Gasteiger partial charge in [0.2, 0.25) is 0 Å². The summed E-state index contributed by atoms with van der Waals surface area (Å²) >= 11 is 8.77. The van der Waals surface area contributed by atoms with Crippen molar-refractivity contribution in [2.45, 2.75) is 25.7 Å². The van der Waals surface area contributed by atoms with Crippen LogP contribution in [0.1, 0.15) is 29.7 Å². The molecule has 0 unspecified atom stereocenters. The van der Waals surface area contributed by atoms with Crippen LogP contribution in [0.4, 0.5) is 18.9 Å². The number of aromatic nitrogens is 1. The highest BCUT2D eigenvalue weighted by atomic mass is 127. The van der Waals surface area contributed by atoms with Gasteiger partial charge in [0.1, 0.15) is 6.61 Å². The van der Waals surface area contributed by atoms with Crippen LogP contribution >= 0.6 is 45.5 Å². The van der Waals surface area contributed by atoms with E-state index in [-0.39, 0.29) is 33.8 Å². The Hall–Kier alpha value is -4.22. The van der Waals surface area contributed by atoms with E-state index in [0.717, 1.165) is 15.9 Å². The highest BCUT2D eigenvalue weighted by Gasteiger charge is 2.45. The van der Waals surface area contributed by atoms with Crippen LogP contribution in [0.25, 0.3) is 6.08 Å². The first-order chi connectivity index (χ1) is 22.3. The molecular weight excluding hydrogens is 778 g/mol. The number of carbonyl (C=O) groups excluding carboxylic acids is 1. The molecule has 0 aliphatic carbocycles. The number of hydrogen-bond donors (Lipinski definition) is 0. The van der Waals surface area contributed by atoms with Crippen molar-refractivity contribution in [3.8, 4) is 11.5 Å². The fourth-order valence-corrected chi connectivity index (χ4v) is 6.69. The number of nitrogens with zero attached hydrogens (tertiary/aromatic N) is 3. The molecule has 0 bridgehead atoms. The second-order valence-electron chi connectivity index (χ2n) is 9.86. The number of rotatable bonds is 9. The Morgan fingerprint density at radius 3 is 2.45 bits per heavy atom. The minimum Gasteiger partial charge on any atom is -0.493 e. The third-order valence-corrected chi connectivity index (χ3v) is 8.90. The molecule has 0 amide bonds. The first-order valence-corrected chi connectivity index (χ1v) is 15.9. The van der Waals surface area contributed by atoms with Gasteiger partial charge in [0.25, 0.3) is 11.2 Å². The molecule has 0 radical (unpaired) electrons. The number of benzene rings is 3. The zero-order valence-corrected chi connectivity index (χ0v) is 28.1. The van der Waals surface area contributed by atoms with Crippen LogP contribution in [0, 0.1) is 13.7 Å². The summed E-state index contributed by atoms with van der Waals surface area (Å²) in [6.45, 7) is 1.34. The Labute approximate surface area is 286 Å². The van der Waals surface area contributed by atoms with Crippen molar-refractivity contribution in [3.63, 3.8) is 0 Å². The van der Waals surface area contributed by atoms with Gasteiger partial charge in [-0.3, -0.25) is 19.5 Å². The largest absolute Gasteiger partial charge is 0.493 e. The fraction of sp³-hybridized carbons (Fsp3) is 0.194. The van der Waals surface area contributed by atoms with Gasteiger partial charge in [0.15, 0.2) is 22.0 Å². The van der Waals surface area contributed by atoms with Gasteiger partial charge < -0.3 is 14.2 Å². The SMILES string of the molecule is CCOC(=O)C1=C(C(F)(F)F)N=c2s/c(=C\c3cc(I)c(OCc4ccc([N+](=O)[O-])cc4)c(OC)c3)c(=O)n2[C@H]1c1ccc(Cl)cc1. The maximum atomic E-state index is 14.4. The van der Waals surface area contributed by atoms with Gasteiger partial charge in [-0.05, 0) is 88.7 Å². The number of carbonyl (C=O) groups is 1. The second-order valence-corrected chi connectivity index (χ2v) is 12.5. The molecule has 0 saturated carbocycles. The Morgan fingerprint density at radius 1 is 1.17 bits per heavy atom. The molecule has 1 aromatic heterocycles. The number of alkyl halides is 3. The summed E-state index contributed by atoms with van der Waals surface area (Å²) in [5.74, 6) is -0.566. The minimum atomic E-state index is -5.03. The zero-order valence-electron chi connectivity index (χ0n) is 24.3. The van der Waals surface area contributed by atoms with Gasteiger partial charge >= 0.3 is 12.1 Å². The molecule has 5 rings (SSSR count). The third-order valence-electron chi connectivity index (χ3n) is 6.86. The molecule has 10 nitrogen and oxygen atoms in total. The van der Waals surface area contributed by atoms with E-state index in [0.29, 0.717) is 31.2 Å². The Balaban J connectivity index is 1.60. The topological polar surface area (TPSA) is 122 Å². The summed E-state index contributed by atoms with van der Waals surface area (Å²) in [7, 11) is 1.42. The van der Waals surface area contributed by atoms with Gasteiger partial charge in [0, 0.05) is 17.2 Å².